The third-order valence-corrected chi connectivity index (χ3v) is 3.93. The van der Waals surface area contributed by atoms with Crippen LogP contribution in [0.1, 0.15) is 32.3 Å². The SMILES string of the molecule is CC(Cc1cccc(F)c1Cl)C(C)NC1CC1. The van der Waals surface area contributed by atoms with Gasteiger partial charge in [-0.05, 0) is 43.7 Å². The van der Waals surface area contributed by atoms with E-state index in [4.69, 9.17) is 11.6 Å². The van der Waals surface area contributed by atoms with Crippen molar-refractivity contribution in [2.75, 3.05) is 0 Å². The van der Waals surface area contributed by atoms with Crippen LogP contribution in [0.5, 0.6) is 0 Å². The van der Waals surface area contributed by atoms with Crippen LogP contribution < -0.4 is 5.32 Å². The monoisotopic (exact) mass is 255 g/mol. The van der Waals surface area contributed by atoms with Crippen molar-refractivity contribution in [3.63, 3.8) is 0 Å². The molecule has 1 aliphatic rings. The maximum Gasteiger partial charge on any atom is 0.142 e. The summed E-state index contributed by atoms with van der Waals surface area (Å²) in [6, 6.07) is 6.19. The molecule has 1 nitrogen and oxygen atoms in total. The summed E-state index contributed by atoms with van der Waals surface area (Å²) >= 11 is 5.96. The van der Waals surface area contributed by atoms with Crippen LogP contribution in [0, 0.1) is 11.7 Å². The number of halogens is 2. The maximum absolute atomic E-state index is 13.3. The largest absolute Gasteiger partial charge is 0.311 e. The molecule has 1 N–H and O–H groups in total. The lowest BCUT2D eigenvalue weighted by atomic mass is 9.95. The van der Waals surface area contributed by atoms with Gasteiger partial charge < -0.3 is 5.32 Å². The lowest BCUT2D eigenvalue weighted by Crippen LogP contribution is -2.34. The Bertz CT molecular complexity index is 390. The zero-order valence-corrected chi connectivity index (χ0v) is 11.1. The Labute approximate surface area is 107 Å². The molecule has 17 heavy (non-hydrogen) atoms. The van der Waals surface area contributed by atoms with E-state index in [1.807, 2.05) is 6.07 Å². The van der Waals surface area contributed by atoms with E-state index >= 15 is 0 Å². The van der Waals surface area contributed by atoms with E-state index in [1.54, 1.807) is 6.07 Å². The molecule has 1 aliphatic carbocycles. The zero-order chi connectivity index (χ0) is 12.4. The predicted molar refractivity (Wildman–Crippen MR) is 69.9 cm³/mol. The first kappa shape index (κ1) is 12.8. The van der Waals surface area contributed by atoms with Gasteiger partial charge in [-0.25, -0.2) is 4.39 Å². The molecule has 1 aromatic carbocycles. The Morgan fingerprint density at radius 1 is 1.41 bits per heavy atom. The van der Waals surface area contributed by atoms with Crippen molar-refractivity contribution in [1.29, 1.82) is 0 Å². The second-order valence-electron chi connectivity index (χ2n) is 5.12. The Balaban J connectivity index is 1.96. The highest BCUT2D eigenvalue weighted by Gasteiger charge is 2.25. The van der Waals surface area contributed by atoms with E-state index in [-0.39, 0.29) is 10.8 Å². The lowest BCUT2D eigenvalue weighted by molar-refractivity contribution is 0.395. The van der Waals surface area contributed by atoms with Crippen molar-refractivity contribution in [3.05, 3.63) is 34.6 Å². The smallest absolute Gasteiger partial charge is 0.142 e. The van der Waals surface area contributed by atoms with Gasteiger partial charge in [-0.2, -0.15) is 0 Å². The topological polar surface area (TPSA) is 12.0 Å². The lowest BCUT2D eigenvalue weighted by Gasteiger charge is -2.21. The van der Waals surface area contributed by atoms with Crippen LogP contribution in [0.15, 0.2) is 18.2 Å². The molecule has 1 aromatic rings. The Hall–Kier alpha value is -0.600. The predicted octanol–water partition coefficient (Wildman–Crippen LogP) is 3.80. The zero-order valence-electron chi connectivity index (χ0n) is 10.3. The number of hydrogen-bond donors (Lipinski definition) is 1. The number of rotatable bonds is 5. The molecule has 3 heteroatoms. The quantitative estimate of drug-likeness (QED) is 0.844. The molecule has 0 saturated heterocycles. The second kappa shape index (κ2) is 5.36. The molecule has 1 fully saturated rings. The van der Waals surface area contributed by atoms with Crippen molar-refractivity contribution in [1.82, 2.24) is 5.32 Å². The molecule has 2 rings (SSSR count). The molecule has 0 radical (unpaired) electrons. The van der Waals surface area contributed by atoms with E-state index in [9.17, 15) is 4.39 Å². The summed E-state index contributed by atoms with van der Waals surface area (Å²) in [4.78, 5) is 0. The third kappa shape index (κ3) is 3.43. The van der Waals surface area contributed by atoms with Crippen LogP contribution >= 0.6 is 11.6 Å². The van der Waals surface area contributed by atoms with E-state index in [0.29, 0.717) is 18.0 Å². The van der Waals surface area contributed by atoms with Gasteiger partial charge in [-0.15, -0.1) is 0 Å². The van der Waals surface area contributed by atoms with E-state index < -0.39 is 0 Å². The minimum Gasteiger partial charge on any atom is -0.311 e. The van der Waals surface area contributed by atoms with Crippen LogP contribution in [-0.2, 0) is 6.42 Å². The van der Waals surface area contributed by atoms with Crippen molar-refractivity contribution in [2.45, 2.75) is 45.2 Å². The average Bonchev–Trinajstić information content (AvgIpc) is 3.08. The number of hydrogen-bond acceptors (Lipinski definition) is 1. The molecule has 0 aromatic heterocycles. The highest BCUT2D eigenvalue weighted by atomic mass is 35.5. The Kier molecular flexibility index (Phi) is 4.05. The highest BCUT2D eigenvalue weighted by Crippen LogP contribution is 2.25. The fourth-order valence-electron chi connectivity index (χ4n) is 2.02. The van der Waals surface area contributed by atoms with Gasteiger partial charge >= 0.3 is 0 Å². The van der Waals surface area contributed by atoms with Gasteiger partial charge in [0.2, 0.25) is 0 Å². The van der Waals surface area contributed by atoms with Crippen LogP contribution in [0.3, 0.4) is 0 Å². The number of benzene rings is 1. The van der Waals surface area contributed by atoms with Gasteiger partial charge in [-0.1, -0.05) is 30.7 Å². The van der Waals surface area contributed by atoms with Crippen molar-refractivity contribution >= 4 is 11.6 Å². The van der Waals surface area contributed by atoms with Gasteiger partial charge in [-0.3, -0.25) is 0 Å². The fraction of sp³-hybridized carbons (Fsp3) is 0.571. The molecule has 0 aliphatic heterocycles. The fourth-order valence-corrected chi connectivity index (χ4v) is 2.22. The summed E-state index contributed by atoms with van der Waals surface area (Å²) in [7, 11) is 0. The molecular formula is C14H19ClFN. The standard InChI is InChI=1S/C14H19ClFN/c1-9(10(2)17-12-6-7-12)8-11-4-3-5-13(16)14(11)15/h3-5,9-10,12,17H,6-8H2,1-2H3. The Morgan fingerprint density at radius 3 is 2.76 bits per heavy atom. The summed E-state index contributed by atoms with van der Waals surface area (Å²) in [5, 5.41) is 3.85. The van der Waals surface area contributed by atoms with Crippen molar-refractivity contribution in [3.8, 4) is 0 Å². The summed E-state index contributed by atoms with van der Waals surface area (Å²) < 4.78 is 13.3. The normalized spacial score (nSPS) is 19.1. The van der Waals surface area contributed by atoms with Gasteiger partial charge in [0.25, 0.3) is 0 Å². The molecule has 2 atom stereocenters. The maximum atomic E-state index is 13.3. The van der Waals surface area contributed by atoms with Gasteiger partial charge in [0.05, 0.1) is 5.02 Å². The Morgan fingerprint density at radius 2 is 2.12 bits per heavy atom. The summed E-state index contributed by atoms with van der Waals surface area (Å²) in [5.74, 6) is 0.133. The summed E-state index contributed by atoms with van der Waals surface area (Å²) in [6.07, 6.45) is 3.40. The van der Waals surface area contributed by atoms with Gasteiger partial charge in [0, 0.05) is 12.1 Å². The summed E-state index contributed by atoms with van der Waals surface area (Å²) in [6.45, 7) is 4.37. The number of nitrogens with one attached hydrogen (secondary N) is 1. The van der Waals surface area contributed by atoms with Crippen molar-refractivity contribution in [2.24, 2.45) is 5.92 Å². The molecule has 94 valence electrons. The van der Waals surface area contributed by atoms with E-state index in [0.717, 1.165) is 12.0 Å². The average molecular weight is 256 g/mol. The first-order chi connectivity index (χ1) is 8.08. The van der Waals surface area contributed by atoms with E-state index in [2.05, 4.69) is 19.2 Å². The summed E-state index contributed by atoms with van der Waals surface area (Å²) in [5.41, 5.74) is 0.906. The van der Waals surface area contributed by atoms with Crippen molar-refractivity contribution < 1.29 is 4.39 Å². The van der Waals surface area contributed by atoms with Crippen LogP contribution in [0.25, 0.3) is 0 Å². The van der Waals surface area contributed by atoms with Crippen LogP contribution in [0.2, 0.25) is 5.02 Å². The van der Waals surface area contributed by atoms with Crippen LogP contribution in [0.4, 0.5) is 4.39 Å². The molecular weight excluding hydrogens is 237 g/mol. The molecule has 0 heterocycles. The second-order valence-corrected chi connectivity index (χ2v) is 5.50. The van der Waals surface area contributed by atoms with Crippen LogP contribution in [-0.4, -0.2) is 12.1 Å². The minimum absolute atomic E-state index is 0.276. The third-order valence-electron chi connectivity index (χ3n) is 3.50. The first-order valence-electron chi connectivity index (χ1n) is 6.27. The molecule has 0 spiro atoms. The first-order valence-corrected chi connectivity index (χ1v) is 6.64. The molecule has 2 unspecified atom stereocenters. The molecule has 0 bridgehead atoms. The highest BCUT2D eigenvalue weighted by molar-refractivity contribution is 6.31. The molecule has 1 saturated carbocycles. The molecule has 0 amide bonds. The van der Waals surface area contributed by atoms with E-state index in [1.165, 1.54) is 18.9 Å². The minimum atomic E-state index is -0.320. The van der Waals surface area contributed by atoms with Gasteiger partial charge in [0.1, 0.15) is 5.82 Å². The van der Waals surface area contributed by atoms with Gasteiger partial charge in [0.15, 0.2) is 0 Å².